The fourth-order valence-electron chi connectivity index (χ4n) is 3.23. The van der Waals surface area contributed by atoms with Crippen LogP contribution in [0, 0.1) is 5.92 Å². The van der Waals surface area contributed by atoms with Crippen LogP contribution in [0.1, 0.15) is 45.1 Å². The summed E-state index contributed by atoms with van der Waals surface area (Å²) >= 11 is 0. The number of hydrogen-bond acceptors (Lipinski definition) is 4. The molecule has 0 radical (unpaired) electrons. The van der Waals surface area contributed by atoms with Crippen LogP contribution in [0.2, 0.25) is 0 Å². The molecule has 7 heteroatoms. The van der Waals surface area contributed by atoms with Crippen molar-refractivity contribution in [2.75, 3.05) is 32.1 Å². The molecule has 1 aliphatic rings. The third-order valence-electron chi connectivity index (χ3n) is 4.79. The van der Waals surface area contributed by atoms with Crippen LogP contribution in [0.5, 0.6) is 0 Å². The van der Waals surface area contributed by atoms with E-state index in [4.69, 9.17) is 9.73 Å². The third-order valence-corrected chi connectivity index (χ3v) is 4.79. The number of piperidine rings is 1. The van der Waals surface area contributed by atoms with E-state index in [-0.39, 0.29) is 17.8 Å². The molecule has 0 spiro atoms. The average Bonchev–Trinajstić information content (AvgIpc) is 2.72. The first-order valence-electron chi connectivity index (χ1n) is 10.1. The Balaban J connectivity index is 1.93. The van der Waals surface area contributed by atoms with Crippen molar-refractivity contribution in [2.24, 2.45) is 10.9 Å². The summed E-state index contributed by atoms with van der Waals surface area (Å²) in [4.78, 5) is 30.3. The number of carbonyl (C=O) groups excluding carboxylic acids is 2. The van der Waals surface area contributed by atoms with Crippen LogP contribution in [0.4, 0.5) is 5.69 Å². The number of amides is 1. The highest BCUT2D eigenvalue weighted by Crippen LogP contribution is 2.19. The second kappa shape index (κ2) is 11.3. The Morgan fingerprint density at radius 2 is 1.86 bits per heavy atom. The minimum Gasteiger partial charge on any atom is -0.469 e. The molecule has 1 aromatic rings. The van der Waals surface area contributed by atoms with Gasteiger partial charge in [-0.1, -0.05) is 19.1 Å². The maximum atomic E-state index is 11.7. The lowest BCUT2D eigenvalue weighted by Gasteiger charge is -2.33. The zero-order chi connectivity index (χ0) is 20.4. The van der Waals surface area contributed by atoms with Gasteiger partial charge in [-0.2, -0.15) is 0 Å². The van der Waals surface area contributed by atoms with Gasteiger partial charge in [0.15, 0.2) is 5.96 Å². The molecule has 0 aliphatic carbocycles. The highest BCUT2D eigenvalue weighted by Gasteiger charge is 2.26. The first-order valence-corrected chi connectivity index (χ1v) is 10.1. The number of carbonyl (C=O) groups is 2. The number of nitrogens with one attached hydrogen (secondary N) is 2. The van der Waals surface area contributed by atoms with Crippen LogP contribution in [-0.2, 0) is 20.9 Å². The second-order valence-corrected chi connectivity index (χ2v) is 6.95. The second-order valence-electron chi connectivity index (χ2n) is 6.95. The molecule has 0 aromatic heterocycles. The van der Waals surface area contributed by atoms with Crippen LogP contribution in [-0.4, -0.2) is 49.5 Å². The Kier molecular flexibility index (Phi) is 8.78. The minimum atomic E-state index is -0.118. The van der Waals surface area contributed by atoms with Gasteiger partial charge in [0, 0.05) is 31.7 Å². The monoisotopic (exact) mass is 388 g/mol. The summed E-state index contributed by atoms with van der Waals surface area (Å²) in [7, 11) is 1.45. The summed E-state index contributed by atoms with van der Waals surface area (Å²) < 4.78 is 4.86. The molecule has 0 unspecified atom stereocenters. The number of rotatable bonds is 7. The van der Waals surface area contributed by atoms with Crippen molar-refractivity contribution in [3.05, 3.63) is 29.8 Å². The van der Waals surface area contributed by atoms with E-state index in [1.807, 2.05) is 38.1 Å². The maximum Gasteiger partial charge on any atom is 0.308 e. The first kappa shape index (κ1) is 21.7. The maximum absolute atomic E-state index is 11.7. The number of nitrogens with zero attached hydrogens (tertiary/aromatic N) is 2. The molecule has 0 bridgehead atoms. The van der Waals surface area contributed by atoms with Gasteiger partial charge in [0.25, 0.3) is 0 Å². The standard InChI is InChI=1S/C21H32N4O3/c1-4-6-19(26)24-18-9-7-16(8-10-18)15-23-21(22-5-2)25-13-11-17(12-14-25)20(27)28-3/h7-10,17H,4-6,11-15H2,1-3H3,(H,22,23)(H,24,26). The Morgan fingerprint density at radius 1 is 1.18 bits per heavy atom. The molecule has 0 saturated carbocycles. The van der Waals surface area contributed by atoms with Crippen molar-refractivity contribution in [2.45, 2.75) is 46.1 Å². The number of aliphatic imine (C=N–C) groups is 1. The number of methoxy groups -OCH3 is 1. The van der Waals surface area contributed by atoms with Crippen LogP contribution in [0.3, 0.4) is 0 Å². The topological polar surface area (TPSA) is 83.0 Å². The number of benzene rings is 1. The van der Waals surface area contributed by atoms with E-state index in [1.54, 1.807) is 0 Å². The Morgan fingerprint density at radius 3 is 2.43 bits per heavy atom. The van der Waals surface area contributed by atoms with Gasteiger partial charge in [-0.3, -0.25) is 9.59 Å². The molecule has 1 amide bonds. The quantitative estimate of drug-likeness (QED) is 0.426. The molecule has 0 atom stereocenters. The number of guanidine groups is 1. The SMILES string of the molecule is CCCC(=O)Nc1ccc(CN=C(NCC)N2CCC(C(=O)OC)CC2)cc1. The zero-order valence-electron chi connectivity index (χ0n) is 17.2. The summed E-state index contributed by atoms with van der Waals surface area (Å²) in [6, 6.07) is 7.79. The summed E-state index contributed by atoms with van der Waals surface area (Å²) in [5, 5.41) is 6.23. The highest BCUT2D eigenvalue weighted by molar-refractivity contribution is 5.90. The first-order chi connectivity index (χ1) is 13.6. The molecule has 2 N–H and O–H groups in total. The molecule has 7 nitrogen and oxygen atoms in total. The van der Waals surface area contributed by atoms with Gasteiger partial charge < -0.3 is 20.3 Å². The molecular formula is C21H32N4O3. The lowest BCUT2D eigenvalue weighted by Crippen LogP contribution is -2.46. The van der Waals surface area contributed by atoms with Gasteiger partial charge in [-0.25, -0.2) is 4.99 Å². The molecule has 1 heterocycles. The molecule has 2 rings (SSSR count). The lowest BCUT2D eigenvalue weighted by molar-refractivity contribution is -0.146. The van der Waals surface area contributed by atoms with E-state index in [1.165, 1.54) is 7.11 Å². The molecule has 1 aliphatic heterocycles. The van der Waals surface area contributed by atoms with Gasteiger partial charge in [-0.05, 0) is 43.9 Å². The highest BCUT2D eigenvalue weighted by atomic mass is 16.5. The van der Waals surface area contributed by atoms with Gasteiger partial charge >= 0.3 is 5.97 Å². The largest absolute Gasteiger partial charge is 0.469 e. The van der Waals surface area contributed by atoms with Crippen molar-refractivity contribution < 1.29 is 14.3 Å². The van der Waals surface area contributed by atoms with Crippen molar-refractivity contribution in [3.63, 3.8) is 0 Å². The molecule has 1 aromatic carbocycles. The predicted octanol–water partition coefficient (Wildman–Crippen LogP) is 2.78. The Hall–Kier alpha value is -2.57. The van der Waals surface area contributed by atoms with Gasteiger partial charge in [0.1, 0.15) is 0 Å². The van der Waals surface area contributed by atoms with E-state index in [0.29, 0.717) is 13.0 Å². The van der Waals surface area contributed by atoms with E-state index in [2.05, 4.69) is 15.5 Å². The number of hydrogen-bond donors (Lipinski definition) is 2. The van der Waals surface area contributed by atoms with Gasteiger partial charge in [-0.15, -0.1) is 0 Å². The lowest BCUT2D eigenvalue weighted by atomic mass is 9.97. The van der Waals surface area contributed by atoms with Gasteiger partial charge in [0.05, 0.1) is 19.6 Å². The summed E-state index contributed by atoms with van der Waals surface area (Å²) in [5.74, 6) is 0.775. The van der Waals surface area contributed by atoms with Crippen molar-refractivity contribution in [3.8, 4) is 0 Å². The Labute approximate surface area is 167 Å². The third kappa shape index (κ3) is 6.55. The van der Waals surface area contributed by atoms with Crippen LogP contribution >= 0.6 is 0 Å². The average molecular weight is 389 g/mol. The van der Waals surface area contributed by atoms with E-state index in [0.717, 1.165) is 56.1 Å². The molecular weight excluding hydrogens is 356 g/mol. The van der Waals surface area contributed by atoms with Crippen molar-refractivity contribution >= 4 is 23.5 Å². The summed E-state index contributed by atoms with van der Waals surface area (Å²) in [6.45, 7) is 6.95. The minimum absolute atomic E-state index is 0.0143. The van der Waals surface area contributed by atoms with Crippen molar-refractivity contribution in [1.29, 1.82) is 0 Å². The van der Waals surface area contributed by atoms with Crippen LogP contribution in [0.15, 0.2) is 29.3 Å². The molecule has 154 valence electrons. The Bertz CT molecular complexity index is 665. The number of anilines is 1. The van der Waals surface area contributed by atoms with Gasteiger partial charge in [0.2, 0.25) is 5.91 Å². The van der Waals surface area contributed by atoms with Crippen LogP contribution in [0.25, 0.3) is 0 Å². The predicted molar refractivity (Wildman–Crippen MR) is 111 cm³/mol. The molecule has 28 heavy (non-hydrogen) atoms. The number of esters is 1. The van der Waals surface area contributed by atoms with E-state index < -0.39 is 0 Å². The van der Waals surface area contributed by atoms with Crippen molar-refractivity contribution in [1.82, 2.24) is 10.2 Å². The fraction of sp³-hybridized carbons (Fsp3) is 0.571. The molecule has 1 saturated heterocycles. The normalized spacial score (nSPS) is 15.2. The van der Waals surface area contributed by atoms with E-state index in [9.17, 15) is 9.59 Å². The smallest absolute Gasteiger partial charge is 0.308 e. The zero-order valence-corrected chi connectivity index (χ0v) is 17.2. The summed E-state index contributed by atoms with van der Waals surface area (Å²) in [5.41, 5.74) is 1.89. The number of ether oxygens (including phenoxy) is 1. The van der Waals surface area contributed by atoms with E-state index >= 15 is 0 Å². The summed E-state index contributed by atoms with van der Waals surface area (Å²) in [6.07, 6.45) is 2.93. The fourth-order valence-corrected chi connectivity index (χ4v) is 3.23. The molecule has 1 fully saturated rings. The van der Waals surface area contributed by atoms with Crippen LogP contribution < -0.4 is 10.6 Å². The number of likely N-dealkylation sites (tertiary alicyclic amines) is 1.